The monoisotopic (exact) mass is 299 g/mol. The van der Waals surface area contributed by atoms with Crippen LogP contribution in [-0.4, -0.2) is 13.4 Å². The first-order valence-electron chi connectivity index (χ1n) is 5.55. The molecule has 1 aromatic heterocycles. The van der Waals surface area contributed by atoms with Crippen molar-refractivity contribution >= 4 is 15.7 Å². The second-order valence-corrected chi connectivity index (χ2v) is 5.60. The van der Waals surface area contributed by atoms with Crippen molar-refractivity contribution in [1.29, 1.82) is 0 Å². The van der Waals surface area contributed by atoms with Crippen molar-refractivity contribution in [2.24, 2.45) is 5.73 Å². The van der Waals surface area contributed by atoms with Crippen LogP contribution in [0.5, 0.6) is 0 Å². The van der Waals surface area contributed by atoms with Crippen LogP contribution in [-0.2, 0) is 16.6 Å². The number of nitrogens with two attached hydrogens (primary N) is 1. The van der Waals surface area contributed by atoms with Gasteiger partial charge in [0.25, 0.3) is 10.0 Å². The minimum atomic E-state index is -4.06. The maximum Gasteiger partial charge on any atom is 0.263 e. The molecule has 0 fully saturated rings. The highest BCUT2D eigenvalue weighted by molar-refractivity contribution is 7.92. The maximum atomic E-state index is 13.5. The number of benzene rings is 1. The molecule has 20 heavy (non-hydrogen) atoms. The average Bonchev–Trinajstić information content (AvgIpc) is 2.38. The van der Waals surface area contributed by atoms with Crippen LogP contribution in [0.1, 0.15) is 5.56 Å². The van der Waals surface area contributed by atoms with Gasteiger partial charge in [-0.1, -0.05) is 6.07 Å². The highest BCUT2D eigenvalue weighted by Crippen LogP contribution is 2.22. The summed E-state index contributed by atoms with van der Waals surface area (Å²) in [5, 5.41) is 0. The Morgan fingerprint density at radius 1 is 1.25 bits per heavy atom. The van der Waals surface area contributed by atoms with Gasteiger partial charge >= 0.3 is 0 Å². The van der Waals surface area contributed by atoms with Crippen LogP contribution in [0.3, 0.4) is 0 Å². The lowest BCUT2D eigenvalue weighted by Gasteiger charge is -2.12. The van der Waals surface area contributed by atoms with E-state index in [9.17, 15) is 17.2 Å². The smallest absolute Gasteiger partial charge is 0.263 e. The van der Waals surface area contributed by atoms with E-state index in [1.807, 2.05) is 0 Å². The number of hydrogen-bond donors (Lipinski definition) is 2. The molecule has 0 saturated heterocycles. The third kappa shape index (κ3) is 2.91. The minimum Gasteiger partial charge on any atom is -0.326 e. The fourth-order valence-corrected chi connectivity index (χ4v) is 2.67. The van der Waals surface area contributed by atoms with Crippen molar-refractivity contribution in [2.45, 2.75) is 11.4 Å². The van der Waals surface area contributed by atoms with Crippen LogP contribution in [0.15, 0.2) is 41.6 Å². The van der Waals surface area contributed by atoms with Gasteiger partial charge in [-0.05, 0) is 18.2 Å². The van der Waals surface area contributed by atoms with E-state index in [1.54, 1.807) is 0 Å². The van der Waals surface area contributed by atoms with Crippen molar-refractivity contribution < 1.29 is 17.2 Å². The Labute approximate surface area is 114 Å². The molecular weight excluding hydrogens is 288 g/mol. The topological polar surface area (TPSA) is 85.1 Å². The van der Waals surface area contributed by atoms with Gasteiger partial charge < -0.3 is 5.73 Å². The molecule has 0 atom stereocenters. The highest BCUT2D eigenvalue weighted by Gasteiger charge is 2.18. The van der Waals surface area contributed by atoms with E-state index >= 15 is 0 Å². The fraction of sp³-hybridized carbons (Fsp3) is 0.0833. The van der Waals surface area contributed by atoms with Crippen molar-refractivity contribution in [3.8, 4) is 0 Å². The average molecular weight is 299 g/mol. The molecule has 0 aliphatic heterocycles. The summed E-state index contributed by atoms with van der Waals surface area (Å²) in [6.45, 7) is -0.175. The molecule has 0 saturated carbocycles. The van der Waals surface area contributed by atoms with Gasteiger partial charge in [-0.25, -0.2) is 17.2 Å². The Balaban J connectivity index is 2.41. The second-order valence-electron chi connectivity index (χ2n) is 3.91. The van der Waals surface area contributed by atoms with E-state index in [1.165, 1.54) is 18.2 Å². The number of anilines is 1. The van der Waals surface area contributed by atoms with Gasteiger partial charge in [-0.3, -0.25) is 9.71 Å². The van der Waals surface area contributed by atoms with Crippen LogP contribution < -0.4 is 10.5 Å². The van der Waals surface area contributed by atoms with Gasteiger partial charge in [0, 0.05) is 18.3 Å². The molecule has 0 aliphatic carbocycles. The molecule has 0 spiro atoms. The Hall–Kier alpha value is -2.06. The lowest BCUT2D eigenvalue weighted by atomic mass is 10.2. The van der Waals surface area contributed by atoms with E-state index < -0.39 is 21.7 Å². The summed E-state index contributed by atoms with van der Waals surface area (Å²) in [7, 11) is -4.06. The summed E-state index contributed by atoms with van der Waals surface area (Å²) in [6.07, 6.45) is 1.87. The molecule has 1 heterocycles. The molecule has 0 amide bonds. The van der Waals surface area contributed by atoms with Crippen LogP contribution in [0, 0.1) is 11.6 Å². The Morgan fingerprint density at radius 3 is 2.65 bits per heavy atom. The van der Waals surface area contributed by atoms with Gasteiger partial charge in [0.15, 0.2) is 0 Å². The zero-order valence-electron chi connectivity index (χ0n) is 10.2. The van der Waals surface area contributed by atoms with Gasteiger partial charge in [0.05, 0.1) is 11.9 Å². The molecular formula is C12H11F2N3O2S. The Kier molecular flexibility index (Phi) is 3.96. The van der Waals surface area contributed by atoms with Crippen molar-refractivity contribution in [3.05, 3.63) is 53.9 Å². The van der Waals surface area contributed by atoms with Crippen LogP contribution >= 0.6 is 0 Å². The molecule has 0 unspecified atom stereocenters. The van der Waals surface area contributed by atoms with E-state index in [-0.39, 0.29) is 22.7 Å². The summed E-state index contributed by atoms with van der Waals surface area (Å²) >= 11 is 0. The second kappa shape index (κ2) is 5.51. The number of nitrogens with one attached hydrogen (secondary N) is 1. The Morgan fingerprint density at radius 2 is 2.00 bits per heavy atom. The number of hydrogen-bond acceptors (Lipinski definition) is 4. The van der Waals surface area contributed by atoms with Gasteiger partial charge in [0.1, 0.15) is 16.5 Å². The zero-order valence-corrected chi connectivity index (χ0v) is 11.0. The highest BCUT2D eigenvalue weighted by atomic mass is 32.2. The Bertz CT molecular complexity index is 735. The number of halogens is 2. The molecule has 0 bridgehead atoms. The molecule has 3 N–H and O–H groups in total. The lowest BCUT2D eigenvalue weighted by molar-refractivity contribution is 0.592. The molecule has 106 valence electrons. The molecule has 8 heteroatoms. The van der Waals surface area contributed by atoms with E-state index in [4.69, 9.17) is 5.73 Å². The number of sulfonamides is 1. The van der Waals surface area contributed by atoms with Crippen LogP contribution in [0.4, 0.5) is 14.5 Å². The number of rotatable bonds is 4. The summed E-state index contributed by atoms with van der Waals surface area (Å²) in [5.74, 6) is -1.41. The van der Waals surface area contributed by atoms with Gasteiger partial charge in [0.2, 0.25) is 0 Å². The summed E-state index contributed by atoms with van der Waals surface area (Å²) in [6, 6.07) is 4.70. The predicted molar refractivity (Wildman–Crippen MR) is 69.3 cm³/mol. The minimum absolute atomic E-state index is 0.0109. The maximum absolute atomic E-state index is 13.5. The van der Waals surface area contributed by atoms with E-state index in [0.717, 1.165) is 18.5 Å². The lowest BCUT2D eigenvalue weighted by Crippen LogP contribution is -2.16. The predicted octanol–water partition coefficient (Wildman–Crippen LogP) is 1.62. The molecule has 1 aromatic carbocycles. The first-order chi connectivity index (χ1) is 9.44. The standard InChI is InChI=1S/C12H11F2N3O2S/c13-8-4-9(7-16-6-8)20(18,19)17-12-3-1-2-11(14)10(12)5-15/h1-4,6-7,17H,5,15H2. The molecule has 0 aliphatic rings. The van der Waals surface area contributed by atoms with Crippen molar-refractivity contribution in [2.75, 3.05) is 4.72 Å². The van der Waals surface area contributed by atoms with Gasteiger partial charge in [-0.2, -0.15) is 0 Å². The van der Waals surface area contributed by atoms with Crippen LogP contribution in [0.2, 0.25) is 0 Å². The summed E-state index contributed by atoms with van der Waals surface area (Å²) < 4.78 is 52.8. The normalized spacial score (nSPS) is 11.3. The van der Waals surface area contributed by atoms with E-state index in [0.29, 0.717) is 0 Å². The first-order valence-corrected chi connectivity index (χ1v) is 7.03. The van der Waals surface area contributed by atoms with Crippen LogP contribution in [0.25, 0.3) is 0 Å². The number of pyridine rings is 1. The number of nitrogens with zero attached hydrogens (tertiary/aromatic N) is 1. The molecule has 0 radical (unpaired) electrons. The van der Waals surface area contributed by atoms with Crippen molar-refractivity contribution in [3.63, 3.8) is 0 Å². The third-order valence-electron chi connectivity index (χ3n) is 2.56. The first kappa shape index (κ1) is 14.4. The summed E-state index contributed by atoms with van der Waals surface area (Å²) in [4.78, 5) is 3.10. The molecule has 5 nitrogen and oxygen atoms in total. The molecule has 2 rings (SSSR count). The largest absolute Gasteiger partial charge is 0.326 e. The number of aromatic nitrogens is 1. The molecule has 2 aromatic rings. The quantitative estimate of drug-likeness (QED) is 0.898. The fourth-order valence-electron chi connectivity index (χ4n) is 1.60. The van der Waals surface area contributed by atoms with E-state index in [2.05, 4.69) is 9.71 Å². The third-order valence-corrected chi connectivity index (χ3v) is 3.89. The SMILES string of the molecule is NCc1c(F)cccc1NS(=O)(=O)c1cncc(F)c1. The summed E-state index contributed by atoms with van der Waals surface area (Å²) in [5.41, 5.74) is 5.43. The van der Waals surface area contributed by atoms with Gasteiger partial charge in [-0.15, -0.1) is 0 Å². The zero-order chi connectivity index (χ0) is 14.8. The van der Waals surface area contributed by atoms with Crippen molar-refractivity contribution in [1.82, 2.24) is 4.98 Å².